The fourth-order valence-corrected chi connectivity index (χ4v) is 14.3. The normalized spacial score (nSPS) is 17.1. The first-order valence-electron chi connectivity index (χ1n) is 35.8. The number of aromatic nitrogens is 10. The Kier molecular flexibility index (Phi) is 24.1. The van der Waals surface area contributed by atoms with E-state index >= 15 is 0 Å². The van der Waals surface area contributed by atoms with Crippen LogP contribution in [0.2, 0.25) is 0 Å². The molecule has 7 N–H and O–H groups in total. The Labute approximate surface area is 662 Å². The molecule has 3 saturated heterocycles. The first kappa shape index (κ1) is 80.4. The summed E-state index contributed by atoms with van der Waals surface area (Å²) in [5.74, 6) is -7.74. The van der Waals surface area contributed by atoms with Gasteiger partial charge in [-0.05, 0) is 131 Å². The Morgan fingerprint density at radius 3 is 1.46 bits per heavy atom. The molecule has 594 valence electrons. The molecule has 0 bridgehead atoms. The number of Topliss-reactive ketones (excluding diaryl/α,β-unsaturated/α-hetero) is 1. The van der Waals surface area contributed by atoms with Crippen molar-refractivity contribution in [1.29, 1.82) is 0 Å². The zero-order valence-electron chi connectivity index (χ0n) is 61.1. The number of pyridine rings is 5. The van der Waals surface area contributed by atoms with Crippen LogP contribution in [-0.4, -0.2) is 179 Å². The van der Waals surface area contributed by atoms with Crippen molar-refractivity contribution < 1.29 is 78.6 Å². The lowest BCUT2D eigenvalue weighted by molar-refractivity contribution is -0.275. The summed E-state index contributed by atoms with van der Waals surface area (Å²) in [5, 5.41) is 17.5. The summed E-state index contributed by atoms with van der Waals surface area (Å²) < 4.78 is 104. The highest BCUT2D eigenvalue weighted by Crippen LogP contribution is 2.35. The second kappa shape index (κ2) is 34.7. The Balaban J connectivity index is 0.000000152. The quantitative estimate of drug-likeness (QED) is 0.0269. The first-order chi connectivity index (χ1) is 55.6. The van der Waals surface area contributed by atoms with Gasteiger partial charge in [0.15, 0.2) is 28.7 Å². The van der Waals surface area contributed by atoms with Gasteiger partial charge in [0.05, 0.1) is 48.6 Å². The molecule has 3 aliphatic rings. The van der Waals surface area contributed by atoms with Crippen LogP contribution in [-0.2, 0) is 54.9 Å². The van der Waals surface area contributed by atoms with Crippen molar-refractivity contribution in [2.75, 3.05) is 30.3 Å². The number of amides is 8. The van der Waals surface area contributed by atoms with Gasteiger partial charge < -0.3 is 51.4 Å². The third kappa shape index (κ3) is 18.5. The fourth-order valence-electron chi connectivity index (χ4n) is 13.9. The lowest BCUT2D eigenvalue weighted by Gasteiger charge is -2.24. The summed E-state index contributed by atoms with van der Waals surface area (Å²) in [4.78, 5) is 139. The minimum Gasteiger partial charge on any atom is -0.403 e. The number of primary amides is 2. The number of rotatable bonds is 20. The Morgan fingerprint density at radius 1 is 0.526 bits per heavy atom. The van der Waals surface area contributed by atoms with Crippen LogP contribution in [0.15, 0.2) is 200 Å². The standard InChI is InChI=1S/C28H26FN5O3.C27H21F5N6O4.C25H21BrFN7O3/c1-18(35)24-16-33(25-8-7-19(11-23(24)25)20-5-4-9-30-13-20)17-27(36)34-15-21(29)12-26(34)28(37)32-14-22-6-2-3-10-31-22;28-16-10-20(26(41)35-18-4-1-5-21(23(18)29)42-27(30,31)32)37(12-16)22(39)13-38-19-7-6-14(15-3-2-8-34-11-15)9-17(19)24(36-38)25(33)40;26-20-4-1-5-21(30-20)31-25(37)19-10-16(27)12-33(19)22(35)13-34-18-7-6-14(15-3-2-8-29-11-15)9-17(18)23(32-34)24(28)36/h2-11,13,16,21,26H,12,14-15,17H2,1H3,(H,32,37);1-9,11,16,20H,10,12-13H2,(H2,33,40)(H,35,41);1-9,11,16,19H,10,12-13H2,(H2,28,36)(H,30,31,37)/t21-,26+;16-,20+;16-,19+/m111/s1. The van der Waals surface area contributed by atoms with E-state index in [-0.39, 0.29) is 74.5 Å². The maximum Gasteiger partial charge on any atom is 0.573 e. The molecule has 4 aromatic carbocycles. The number of carbonyl (C=O) groups excluding carboxylic acids is 9. The van der Waals surface area contributed by atoms with E-state index < -0.39 is 121 Å². The molecule has 0 saturated carbocycles. The van der Waals surface area contributed by atoms with Gasteiger partial charge in [0.25, 0.3) is 11.8 Å². The van der Waals surface area contributed by atoms with E-state index in [4.69, 9.17) is 11.5 Å². The summed E-state index contributed by atoms with van der Waals surface area (Å²) >= 11 is 3.23. The number of anilines is 2. The summed E-state index contributed by atoms with van der Waals surface area (Å²) in [6, 6.07) is 36.7. The maximum absolute atomic E-state index is 14.6. The molecule has 116 heavy (non-hydrogen) atoms. The largest absolute Gasteiger partial charge is 0.573 e. The highest BCUT2D eigenvalue weighted by molar-refractivity contribution is 9.10. The second-order valence-corrected chi connectivity index (χ2v) is 27.9. The highest BCUT2D eigenvalue weighted by Gasteiger charge is 2.44. The Morgan fingerprint density at radius 2 is 1.00 bits per heavy atom. The van der Waals surface area contributed by atoms with Gasteiger partial charge >= 0.3 is 6.36 Å². The van der Waals surface area contributed by atoms with Crippen LogP contribution >= 0.6 is 15.9 Å². The van der Waals surface area contributed by atoms with Crippen LogP contribution < -0.4 is 32.2 Å². The zero-order valence-corrected chi connectivity index (χ0v) is 62.7. The number of halogens is 8. The molecule has 28 nitrogen and oxygen atoms in total. The average Bonchev–Trinajstić information content (AvgIpc) is 1.63. The summed E-state index contributed by atoms with van der Waals surface area (Å²) in [6.07, 6.45) is 3.24. The van der Waals surface area contributed by atoms with E-state index in [1.165, 1.54) is 26.1 Å². The number of nitrogens with zero attached hydrogens (tertiary/aromatic N) is 13. The molecule has 36 heteroatoms. The maximum atomic E-state index is 14.6. The van der Waals surface area contributed by atoms with E-state index in [9.17, 15) is 73.9 Å². The fraction of sp³-hybridized carbons (Fsp3) is 0.225. The predicted molar refractivity (Wildman–Crippen MR) is 412 cm³/mol. The van der Waals surface area contributed by atoms with Gasteiger partial charge in [0, 0.05) is 113 Å². The Bertz CT molecular complexity index is 5750. The van der Waals surface area contributed by atoms with Crippen molar-refractivity contribution in [3.8, 4) is 39.1 Å². The van der Waals surface area contributed by atoms with Gasteiger partial charge in [-0.1, -0.05) is 54.6 Å². The smallest absolute Gasteiger partial charge is 0.403 e. The minimum absolute atomic E-state index is 0.00773. The van der Waals surface area contributed by atoms with Gasteiger partial charge in [-0.25, -0.2) is 22.5 Å². The molecule has 3 aliphatic heterocycles. The molecular weight excluding hydrogens is 1590 g/mol. The van der Waals surface area contributed by atoms with E-state index in [0.717, 1.165) is 56.3 Å². The van der Waals surface area contributed by atoms with Crippen molar-refractivity contribution in [3.05, 3.63) is 228 Å². The monoisotopic (exact) mass is 1650 g/mol. The van der Waals surface area contributed by atoms with Crippen molar-refractivity contribution in [1.82, 2.24) is 69.1 Å². The number of hydrogen-bond donors (Lipinski definition) is 5. The number of benzene rings is 4. The number of nitrogens with two attached hydrogens (primary N) is 2. The van der Waals surface area contributed by atoms with E-state index in [1.807, 2.05) is 54.6 Å². The Hall–Kier alpha value is -13.7. The average molecular weight is 1650 g/mol. The molecule has 3 fully saturated rings. The van der Waals surface area contributed by atoms with Gasteiger partial charge in [-0.2, -0.15) is 10.2 Å². The molecule has 0 unspecified atom stereocenters. The van der Waals surface area contributed by atoms with Crippen LogP contribution in [0.25, 0.3) is 66.1 Å². The first-order valence-corrected chi connectivity index (χ1v) is 36.6. The van der Waals surface area contributed by atoms with Crippen molar-refractivity contribution in [3.63, 3.8) is 0 Å². The third-order valence-corrected chi connectivity index (χ3v) is 19.7. The van der Waals surface area contributed by atoms with Gasteiger partial charge in [0.2, 0.25) is 35.4 Å². The van der Waals surface area contributed by atoms with Crippen LogP contribution in [0.1, 0.15) is 63.2 Å². The van der Waals surface area contributed by atoms with Gasteiger partial charge in [0.1, 0.15) is 66.7 Å². The zero-order chi connectivity index (χ0) is 82.2. The van der Waals surface area contributed by atoms with Crippen LogP contribution in [0.3, 0.4) is 0 Å². The van der Waals surface area contributed by atoms with Crippen LogP contribution in [0.5, 0.6) is 5.75 Å². The van der Waals surface area contributed by atoms with Crippen LogP contribution in [0, 0.1) is 5.82 Å². The number of fused-ring (bicyclic) bond motifs is 3. The van der Waals surface area contributed by atoms with E-state index in [0.29, 0.717) is 48.7 Å². The third-order valence-electron chi connectivity index (χ3n) is 19.3. The molecule has 15 rings (SSSR count). The number of ether oxygens (including phenoxy) is 1. The number of likely N-dealkylation sites (tertiary alicyclic amines) is 3. The number of ketones is 1. The van der Waals surface area contributed by atoms with Crippen molar-refractivity contribution >= 4 is 113 Å². The minimum atomic E-state index is -5.18. The number of hydrogen-bond acceptors (Lipinski definition) is 17. The van der Waals surface area contributed by atoms with Crippen molar-refractivity contribution in [2.24, 2.45) is 11.5 Å². The lowest BCUT2D eigenvalue weighted by Crippen LogP contribution is -2.46. The molecule has 0 radical (unpaired) electrons. The van der Waals surface area contributed by atoms with Gasteiger partial charge in [-0.15, -0.1) is 13.2 Å². The number of carbonyl (C=O) groups is 9. The molecule has 8 aromatic heterocycles. The molecule has 11 heterocycles. The van der Waals surface area contributed by atoms with Gasteiger partial charge in [-0.3, -0.25) is 72.5 Å². The molecule has 0 spiro atoms. The second-order valence-electron chi connectivity index (χ2n) is 27.1. The molecule has 0 aliphatic carbocycles. The van der Waals surface area contributed by atoms with E-state index in [1.54, 1.807) is 127 Å². The molecule has 12 aromatic rings. The van der Waals surface area contributed by atoms with Crippen molar-refractivity contribution in [2.45, 2.75) is 95.4 Å². The molecular formula is C80H68BrF7N18O10. The predicted octanol–water partition coefficient (Wildman–Crippen LogP) is 10.3. The SMILES string of the molecule is CC(=O)c1cn(CC(=O)N2C[C@H](F)C[C@H]2C(=O)NCc2ccccn2)c2ccc(-c3cccnc3)cc12.NC(=O)c1nn(CC(=O)N2C[C@H](F)C[C@H]2C(=O)Nc2cccc(Br)n2)c2ccc(-c3cccnc3)cc12.NC(=O)c1nn(CC(=O)N2C[C@H](F)C[C@H]2C(=O)Nc2cccc(OC(F)(F)F)c2F)c2ccc(-c3cccnc3)cc12. The molecule has 6 atom stereocenters. The molecule has 8 amide bonds. The topological polar surface area (TPSA) is 366 Å². The number of alkyl halides is 6. The summed E-state index contributed by atoms with van der Waals surface area (Å²) in [7, 11) is 0. The van der Waals surface area contributed by atoms with E-state index in [2.05, 4.69) is 71.7 Å². The summed E-state index contributed by atoms with van der Waals surface area (Å²) in [5.41, 5.74) is 18.0. The van der Waals surface area contributed by atoms with Crippen LogP contribution in [0.4, 0.5) is 42.2 Å². The number of nitrogens with one attached hydrogen (secondary N) is 3. The lowest BCUT2D eigenvalue weighted by atomic mass is 10.0. The summed E-state index contributed by atoms with van der Waals surface area (Å²) in [6.45, 7) is -0.0966. The highest BCUT2D eigenvalue weighted by atomic mass is 79.9.